The SMILES string of the molecule is CC(C)c1ccc(C2C(C)c3cc(C(C)C)ccc3C2(C)C)cc1. The van der Waals surface area contributed by atoms with Crippen LogP contribution in [0.4, 0.5) is 0 Å². The Morgan fingerprint density at radius 3 is 1.88 bits per heavy atom. The monoisotopic (exact) mass is 320 g/mol. The van der Waals surface area contributed by atoms with Crippen LogP contribution < -0.4 is 0 Å². The van der Waals surface area contributed by atoms with Gasteiger partial charge in [-0.1, -0.05) is 90.9 Å². The predicted molar refractivity (Wildman–Crippen MR) is 105 cm³/mol. The van der Waals surface area contributed by atoms with Crippen molar-refractivity contribution in [1.29, 1.82) is 0 Å². The molecule has 0 saturated heterocycles. The lowest BCUT2D eigenvalue weighted by molar-refractivity contribution is 0.411. The molecule has 0 heterocycles. The standard InChI is InChI=1S/C24H32/c1-15(2)18-8-10-19(11-9-18)23-17(5)21-14-20(16(3)4)12-13-22(21)24(23,6)7/h8-17,23H,1-7H3. The molecule has 128 valence electrons. The third-order valence-corrected chi connectivity index (χ3v) is 6.17. The number of rotatable bonds is 3. The summed E-state index contributed by atoms with van der Waals surface area (Å²) in [6.45, 7) is 16.4. The minimum Gasteiger partial charge on any atom is -0.0587 e. The molecule has 0 radical (unpaired) electrons. The molecule has 0 saturated carbocycles. The van der Waals surface area contributed by atoms with Crippen LogP contribution in [-0.2, 0) is 5.41 Å². The van der Waals surface area contributed by atoms with E-state index in [2.05, 4.69) is 90.9 Å². The van der Waals surface area contributed by atoms with Crippen molar-refractivity contribution in [3.05, 3.63) is 70.3 Å². The quantitative estimate of drug-likeness (QED) is 0.565. The van der Waals surface area contributed by atoms with E-state index < -0.39 is 0 Å². The van der Waals surface area contributed by atoms with Gasteiger partial charge in [0.05, 0.1) is 0 Å². The van der Waals surface area contributed by atoms with Crippen LogP contribution in [0, 0.1) is 0 Å². The Balaban J connectivity index is 2.04. The van der Waals surface area contributed by atoms with E-state index in [0.717, 1.165) is 0 Å². The van der Waals surface area contributed by atoms with Crippen molar-refractivity contribution in [2.75, 3.05) is 0 Å². The maximum absolute atomic E-state index is 2.47. The molecule has 0 bridgehead atoms. The first-order valence-electron chi connectivity index (χ1n) is 9.47. The van der Waals surface area contributed by atoms with Gasteiger partial charge in [0.1, 0.15) is 0 Å². The van der Waals surface area contributed by atoms with E-state index in [4.69, 9.17) is 0 Å². The first kappa shape index (κ1) is 17.3. The maximum Gasteiger partial charge on any atom is -0.000372 e. The minimum atomic E-state index is 0.184. The zero-order valence-corrected chi connectivity index (χ0v) is 16.4. The molecule has 1 aliphatic carbocycles. The fraction of sp³-hybridized carbons (Fsp3) is 0.500. The molecule has 2 unspecified atom stereocenters. The maximum atomic E-state index is 2.47. The van der Waals surface area contributed by atoms with Gasteiger partial charge in [0.15, 0.2) is 0 Å². The molecule has 24 heavy (non-hydrogen) atoms. The van der Waals surface area contributed by atoms with Gasteiger partial charge in [-0.25, -0.2) is 0 Å². The van der Waals surface area contributed by atoms with Crippen molar-refractivity contribution in [3.8, 4) is 0 Å². The molecule has 2 aromatic carbocycles. The lowest BCUT2D eigenvalue weighted by Gasteiger charge is -2.31. The highest BCUT2D eigenvalue weighted by Gasteiger charge is 2.44. The van der Waals surface area contributed by atoms with Crippen LogP contribution in [0.3, 0.4) is 0 Å². The number of hydrogen-bond acceptors (Lipinski definition) is 0. The summed E-state index contributed by atoms with van der Waals surface area (Å²) in [5.41, 5.74) is 7.67. The second-order valence-corrected chi connectivity index (χ2v) is 8.81. The summed E-state index contributed by atoms with van der Waals surface area (Å²) in [5.74, 6) is 2.31. The van der Waals surface area contributed by atoms with Crippen molar-refractivity contribution >= 4 is 0 Å². The molecule has 0 nitrogen and oxygen atoms in total. The van der Waals surface area contributed by atoms with E-state index in [-0.39, 0.29) is 5.41 Å². The molecule has 0 amide bonds. The summed E-state index contributed by atoms with van der Waals surface area (Å²) in [6, 6.07) is 16.6. The zero-order chi connectivity index (χ0) is 17.6. The van der Waals surface area contributed by atoms with Gasteiger partial charge in [0.2, 0.25) is 0 Å². The summed E-state index contributed by atoms with van der Waals surface area (Å²) in [4.78, 5) is 0. The summed E-state index contributed by atoms with van der Waals surface area (Å²) >= 11 is 0. The molecule has 3 rings (SSSR count). The molecule has 2 atom stereocenters. The van der Waals surface area contributed by atoms with Gasteiger partial charge >= 0.3 is 0 Å². The minimum absolute atomic E-state index is 0.184. The van der Waals surface area contributed by atoms with Crippen molar-refractivity contribution in [2.24, 2.45) is 0 Å². The van der Waals surface area contributed by atoms with Crippen molar-refractivity contribution in [1.82, 2.24) is 0 Å². The molecule has 2 aromatic rings. The van der Waals surface area contributed by atoms with Gasteiger partial charge in [-0.15, -0.1) is 0 Å². The fourth-order valence-electron chi connectivity index (χ4n) is 4.67. The van der Waals surface area contributed by atoms with E-state index in [0.29, 0.717) is 23.7 Å². The molecule has 0 spiro atoms. The topological polar surface area (TPSA) is 0 Å². The van der Waals surface area contributed by atoms with E-state index >= 15 is 0 Å². The summed E-state index contributed by atoms with van der Waals surface area (Å²) < 4.78 is 0. The van der Waals surface area contributed by atoms with Crippen LogP contribution in [0.2, 0.25) is 0 Å². The van der Waals surface area contributed by atoms with Crippen LogP contribution in [0.5, 0.6) is 0 Å². The van der Waals surface area contributed by atoms with Gasteiger partial charge in [-0.2, -0.15) is 0 Å². The molecule has 0 fully saturated rings. The fourth-order valence-corrected chi connectivity index (χ4v) is 4.67. The highest BCUT2D eigenvalue weighted by atomic mass is 14.5. The van der Waals surface area contributed by atoms with E-state index in [9.17, 15) is 0 Å². The normalized spacial score (nSPS) is 22.2. The summed E-state index contributed by atoms with van der Waals surface area (Å²) in [6.07, 6.45) is 0. The highest BCUT2D eigenvalue weighted by Crippen LogP contribution is 2.55. The second-order valence-electron chi connectivity index (χ2n) is 8.81. The molecule has 0 N–H and O–H groups in total. The molecule has 0 aliphatic heterocycles. The Hall–Kier alpha value is -1.56. The Labute approximate surface area is 148 Å². The Kier molecular flexibility index (Phi) is 4.36. The van der Waals surface area contributed by atoms with Crippen molar-refractivity contribution in [2.45, 2.75) is 77.6 Å². The highest BCUT2D eigenvalue weighted by molar-refractivity contribution is 5.50. The van der Waals surface area contributed by atoms with Gasteiger partial charge in [0.25, 0.3) is 0 Å². The second kappa shape index (κ2) is 6.06. The van der Waals surface area contributed by atoms with Gasteiger partial charge in [-0.05, 0) is 56.9 Å². The van der Waals surface area contributed by atoms with E-state index in [1.807, 2.05) is 0 Å². The van der Waals surface area contributed by atoms with E-state index in [1.54, 1.807) is 5.56 Å². The van der Waals surface area contributed by atoms with Crippen LogP contribution in [0.25, 0.3) is 0 Å². The lowest BCUT2D eigenvalue weighted by atomic mass is 9.72. The van der Waals surface area contributed by atoms with Crippen LogP contribution >= 0.6 is 0 Å². The first-order valence-corrected chi connectivity index (χ1v) is 9.47. The zero-order valence-electron chi connectivity index (χ0n) is 16.4. The summed E-state index contributed by atoms with van der Waals surface area (Å²) in [5, 5.41) is 0. The molecule has 1 aliphatic rings. The van der Waals surface area contributed by atoms with Crippen LogP contribution in [-0.4, -0.2) is 0 Å². The van der Waals surface area contributed by atoms with Gasteiger partial charge < -0.3 is 0 Å². The van der Waals surface area contributed by atoms with Crippen molar-refractivity contribution in [3.63, 3.8) is 0 Å². The van der Waals surface area contributed by atoms with Crippen molar-refractivity contribution < 1.29 is 0 Å². The Bertz CT molecular complexity index is 716. The molecular weight excluding hydrogens is 288 g/mol. The average molecular weight is 321 g/mol. The average Bonchev–Trinajstić information content (AvgIpc) is 2.73. The predicted octanol–water partition coefficient (Wildman–Crippen LogP) is 7.11. The van der Waals surface area contributed by atoms with Crippen LogP contribution in [0.1, 0.15) is 100.0 Å². The molecule has 0 aromatic heterocycles. The largest absolute Gasteiger partial charge is 0.0587 e. The Morgan fingerprint density at radius 2 is 1.33 bits per heavy atom. The lowest BCUT2D eigenvalue weighted by Crippen LogP contribution is -2.23. The smallest absolute Gasteiger partial charge is 0.000372 e. The van der Waals surface area contributed by atoms with Crippen LogP contribution in [0.15, 0.2) is 42.5 Å². The third kappa shape index (κ3) is 2.70. The Morgan fingerprint density at radius 1 is 0.792 bits per heavy atom. The van der Waals surface area contributed by atoms with Gasteiger partial charge in [0, 0.05) is 0 Å². The number of fused-ring (bicyclic) bond motifs is 1. The number of benzene rings is 2. The van der Waals surface area contributed by atoms with E-state index in [1.165, 1.54) is 22.3 Å². The van der Waals surface area contributed by atoms with Gasteiger partial charge in [-0.3, -0.25) is 0 Å². The molecule has 0 heteroatoms. The third-order valence-electron chi connectivity index (χ3n) is 6.17. The molecular formula is C24H32. The summed E-state index contributed by atoms with van der Waals surface area (Å²) in [7, 11) is 0. The first-order chi connectivity index (χ1) is 11.2. The number of hydrogen-bond donors (Lipinski definition) is 0.